The molecule has 3 aromatic heterocycles. The zero-order chi connectivity index (χ0) is 25.5. The van der Waals surface area contributed by atoms with Crippen molar-refractivity contribution in [1.29, 1.82) is 0 Å². The molecule has 1 aliphatic rings. The zero-order valence-corrected chi connectivity index (χ0v) is 23.5. The Balaban J connectivity index is 1.73. The summed E-state index contributed by atoms with van der Waals surface area (Å²) in [7, 11) is 0.821. The van der Waals surface area contributed by atoms with E-state index in [0.717, 1.165) is 31.0 Å². The first-order chi connectivity index (χ1) is 16.3. The van der Waals surface area contributed by atoms with Gasteiger partial charge in [-0.15, -0.1) is 0 Å². The molecule has 0 saturated heterocycles. The summed E-state index contributed by atoms with van der Waals surface area (Å²) in [5.41, 5.74) is 6.09. The van der Waals surface area contributed by atoms with Gasteiger partial charge in [0.15, 0.2) is 5.65 Å². The van der Waals surface area contributed by atoms with Gasteiger partial charge in [-0.1, -0.05) is 33.5 Å². The summed E-state index contributed by atoms with van der Waals surface area (Å²) in [6.07, 6.45) is 6.71. The third-order valence-corrected chi connectivity index (χ3v) is 8.37. The van der Waals surface area contributed by atoms with E-state index >= 15 is 0 Å². The zero-order valence-electron chi connectivity index (χ0n) is 22.5. The van der Waals surface area contributed by atoms with Crippen LogP contribution >= 0.6 is 0 Å². The molecule has 0 atom stereocenters. The summed E-state index contributed by atoms with van der Waals surface area (Å²) in [6, 6.07) is 1.11. The van der Waals surface area contributed by atoms with E-state index in [4.69, 9.17) is 19.8 Å². The van der Waals surface area contributed by atoms with Gasteiger partial charge in [0.25, 0.3) is 5.91 Å². The Morgan fingerprint density at radius 1 is 1.29 bits per heavy atom. The topological polar surface area (TPSA) is 86.9 Å². The number of carbonyl (C=O) groups is 1. The molecule has 0 bridgehead atoms. The first kappa shape index (κ1) is 25.6. The van der Waals surface area contributed by atoms with Crippen LogP contribution in [0.25, 0.3) is 22.6 Å². The minimum absolute atomic E-state index is 0.0232. The lowest BCUT2D eigenvalue weighted by molar-refractivity contribution is 0.0890. The second-order valence-corrected chi connectivity index (χ2v) is 17.8. The van der Waals surface area contributed by atoms with Crippen LogP contribution in [0.4, 0.5) is 0 Å². The lowest BCUT2D eigenvalue weighted by atomic mass is 9.75. The van der Waals surface area contributed by atoms with Crippen molar-refractivity contribution in [2.24, 2.45) is 12.5 Å². The van der Waals surface area contributed by atoms with Gasteiger partial charge in [-0.2, -0.15) is 5.10 Å². The molecule has 0 aliphatic heterocycles. The maximum Gasteiger partial charge on any atom is 0.255 e. The Labute approximate surface area is 209 Å². The number of aromatic nitrogens is 5. The normalized spacial score (nSPS) is 15.6. The molecule has 0 saturated carbocycles. The van der Waals surface area contributed by atoms with Crippen molar-refractivity contribution in [2.75, 3.05) is 6.61 Å². The van der Waals surface area contributed by atoms with Crippen molar-refractivity contribution in [1.82, 2.24) is 29.6 Å². The van der Waals surface area contributed by atoms with Gasteiger partial charge in [-0.3, -0.25) is 9.48 Å². The van der Waals surface area contributed by atoms with Gasteiger partial charge >= 0.3 is 0 Å². The van der Waals surface area contributed by atoms with Crippen molar-refractivity contribution >= 4 is 25.1 Å². The van der Waals surface area contributed by atoms with Crippen LogP contribution in [0.3, 0.4) is 0 Å². The summed E-state index contributed by atoms with van der Waals surface area (Å²) in [5, 5.41) is 7.83. The van der Waals surface area contributed by atoms with Crippen LogP contribution in [-0.4, -0.2) is 50.9 Å². The van der Waals surface area contributed by atoms with Gasteiger partial charge in [0.2, 0.25) is 0 Å². The van der Waals surface area contributed by atoms with Gasteiger partial charge in [-0.05, 0) is 44.6 Å². The van der Waals surface area contributed by atoms with Crippen molar-refractivity contribution in [3.05, 3.63) is 29.2 Å². The first-order valence-corrected chi connectivity index (χ1v) is 16.3. The molecule has 35 heavy (non-hydrogen) atoms. The highest BCUT2D eigenvalue weighted by molar-refractivity contribution is 6.76. The Hall–Kier alpha value is -2.52. The Morgan fingerprint density at radius 3 is 2.71 bits per heavy atom. The molecule has 0 fully saturated rings. The van der Waals surface area contributed by atoms with E-state index in [1.165, 1.54) is 11.3 Å². The number of rotatable bonds is 8. The smallest absolute Gasteiger partial charge is 0.255 e. The van der Waals surface area contributed by atoms with E-state index in [9.17, 15) is 4.79 Å². The lowest BCUT2D eigenvalue weighted by Gasteiger charge is -2.29. The highest BCUT2D eigenvalue weighted by atomic mass is 28.3. The maximum atomic E-state index is 13.1. The highest BCUT2D eigenvalue weighted by Gasteiger charge is 2.31. The average molecular weight is 497 g/mol. The van der Waals surface area contributed by atoms with Crippen LogP contribution in [0.5, 0.6) is 0 Å². The van der Waals surface area contributed by atoms with E-state index in [1.807, 2.05) is 36.3 Å². The number of aryl methyl sites for hydroxylation is 1. The van der Waals surface area contributed by atoms with E-state index < -0.39 is 8.07 Å². The summed E-state index contributed by atoms with van der Waals surface area (Å²) in [6.45, 7) is 16.6. The molecule has 0 radical (unpaired) electrons. The fourth-order valence-corrected chi connectivity index (χ4v) is 5.40. The summed E-state index contributed by atoms with van der Waals surface area (Å²) in [5.74, 6) is -0.151. The van der Waals surface area contributed by atoms with Crippen LogP contribution in [-0.2, 0) is 31.4 Å². The van der Waals surface area contributed by atoms with Crippen molar-refractivity contribution in [3.8, 4) is 11.4 Å². The van der Waals surface area contributed by atoms with Crippen LogP contribution in [0.2, 0.25) is 25.7 Å². The minimum Gasteiger partial charge on any atom is -0.361 e. The number of nitrogens with zero attached hydrogens (tertiary/aromatic N) is 5. The largest absolute Gasteiger partial charge is 0.361 e. The van der Waals surface area contributed by atoms with Gasteiger partial charge in [0.05, 0.1) is 11.8 Å². The molecule has 9 heteroatoms. The molecular formula is C26H40N6O2Si. The molecule has 0 aromatic carbocycles. The quantitative estimate of drug-likeness (QED) is 0.358. The van der Waals surface area contributed by atoms with E-state index in [-0.39, 0.29) is 17.4 Å². The van der Waals surface area contributed by atoms with Crippen LogP contribution in [0.1, 0.15) is 55.7 Å². The number of fused-ring (bicyclic) bond motifs is 2. The number of hydrogen-bond acceptors (Lipinski definition) is 5. The van der Waals surface area contributed by atoms with Gasteiger partial charge in [-0.25, -0.2) is 9.97 Å². The minimum atomic E-state index is -1.18. The van der Waals surface area contributed by atoms with Crippen molar-refractivity contribution in [3.63, 3.8) is 0 Å². The standard InChI is InChI=1S/C26H40N6O2Si/c1-17(2)28-25(33)19-15-32(16-34-11-12-35(6,7)8)24-23(19)29-20(14-27-24)22-18-13-26(3,4)10-9-21(18)31(5)30-22/h14-15,17H,9-13,16H2,1-8H3,(H,28,33). The fraction of sp³-hybridized carbons (Fsp3) is 0.615. The summed E-state index contributed by atoms with van der Waals surface area (Å²) < 4.78 is 9.85. The molecule has 1 amide bonds. The first-order valence-electron chi connectivity index (χ1n) is 12.6. The Kier molecular flexibility index (Phi) is 6.94. The van der Waals surface area contributed by atoms with Crippen LogP contribution in [0.15, 0.2) is 12.4 Å². The molecule has 3 heterocycles. The summed E-state index contributed by atoms with van der Waals surface area (Å²) >= 11 is 0. The number of hydrogen-bond donors (Lipinski definition) is 1. The molecule has 190 valence electrons. The fourth-order valence-electron chi connectivity index (χ4n) is 4.64. The van der Waals surface area contributed by atoms with Crippen LogP contribution < -0.4 is 5.32 Å². The molecule has 1 aliphatic carbocycles. The van der Waals surface area contributed by atoms with Crippen molar-refractivity contribution in [2.45, 2.75) is 85.4 Å². The van der Waals surface area contributed by atoms with E-state index in [1.54, 1.807) is 6.20 Å². The van der Waals surface area contributed by atoms with Gasteiger partial charge in [0, 0.05) is 45.2 Å². The number of ether oxygens (including phenoxy) is 1. The summed E-state index contributed by atoms with van der Waals surface area (Å²) in [4.78, 5) is 22.8. The molecule has 8 nitrogen and oxygen atoms in total. The Bertz CT molecular complexity index is 1230. The monoisotopic (exact) mass is 496 g/mol. The predicted octanol–water partition coefficient (Wildman–Crippen LogP) is 4.80. The molecule has 1 N–H and O–H groups in total. The second kappa shape index (κ2) is 9.50. The lowest BCUT2D eigenvalue weighted by Crippen LogP contribution is -2.30. The number of nitrogens with one attached hydrogen (secondary N) is 1. The molecule has 0 unspecified atom stereocenters. The second-order valence-electron chi connectivity index (χ2n) is 12.2. The predicted molar refractivity (Wildman–Crippen MR) is 142 cm³/mol. The van der Waals surface area contributed by atoms with E-state index in [2.05, 4.69) is 38.8 Å². The third-order valence-electron chi connectivity index (χ3n) is 6.67. The third kappa shape index (κ3) is 5.67. The molecular weight excluding hydrogens is 456 g/mol. The maximum absolute atomic E-state index is 13.1. The average Bonchev–Trinajstić information content (AvgIpc) is 3.26. The SMILES string of the molecule is CC(C)NC(=O)c1cn(COCC[Si](C)(C)C)c2ncc(-c3nn(C)c4c3CC(C)(C)CC4)nc12. The Morgan fingerprint density at radius 2 is 2.03 bits per heavy atom. The highest BCUT2D eigenvalue weighted by Crippen LogP contribution is 2.39. The molecule has 3 aromatic rings. The van der Waals surface area contributed by atoms with Gasteiger partial charge < -0.3 is 14.6 Å². The number of carbonyl (C=O) groups excluding carboxylic acids is 1. The van der Waals surface area contributed by atoms with Crippen molar-refractivity contribution < 1.29 is 9.53 Å². The molecule has 4 rings (SSSR count). The number of amides is 1. The van der Waals surface area contributed by atoms with Crippen LogP contribution in [0, 0.1) is 5.41 Å². The van der Waals surface area contributed by atoms with Gasteiger partial charge in [0.1, 0.15) is 23.6 Å². The molecule has 0 spiro atoms. The van der Waals surface area contributed by atoms with E-state index in [0.29, 0.717) is 35.8 Å².